The smallest absolute Gasteiger partial charge is 0.129 e. The van der Waals surface area contributed by atoms with E-state index in [0.717, 1.165) is 30.4 Å². The summed E-state index contributed by atoms with van der Waals surface area (Å²) < 4.78 is 13.4. The fraction of sp³-hybridized carbons (Fsp3) is 0.278. The number of amidine groups is 1. The fourth-order valence-electron chi connectivity index (χ4n) is 3.64. The molecule has 4 rings (SSSR count). The normalized spacial score (nSPS) is 20.3. The highest BCUT2D eigenvalue weighted by molar-refractivity contribution is 6.00. The molecule has 3 heteroatoms. The predicted octanol–water partition coefficient (Wildman–Crippen LogP) is 4.04. The molecule has 0 aromatic heterocycles. The van der Waals surface area contributed by atoms with E-state index in [4.69, 9.17) is 5.41 Å². The van der Waals surface area contributed by atoms with E-state index in [2.05, 4.69) is 29.2 Å². The average molecular weight is 280 g/mol. The first-order valence-electron chi connectivity index (χ1n) is 7.46. The second-order valence-corrected chi connectivity index (χ2v) is 5.88. The minimum atomic E-state index is -0.260. The summed E-state index contributed by atoms with van der Waals surface area (Å²) in [6, 6.07) is 13.6. The van der Waals surface area contributed by atoms with Gasteiger partial charge in [0.15, 0.2) is 0 Å². The van der Waals surface area contributed by atoms with Crippen LogP contribution in [-0.4, -0.2) is 10.7 Å². The zero-order valence-corrected chi connectivity index (χ0v) is 11.8. The fourth-order valence-corrected chi connectivity index (χ4v) is 3.64. The average Bonchev–Trinajstić information content (AvgIpc) is 2.83. The maximum absolute atomic E-state index is 13.4. The molecule has 0 saturated carbocycles. The summed E-state index contributed by atoms with van der Waals surface area (Å²) in [4.78, 5) is 2.13. The predicted molar refractivity (Wildman–Crippen MR) is 80.9 cm³/mol. The summed E-state index contributed by atoms with van der Waals surface area (Å²) >= 11 is 0. The van der Waals surface area contributed by atoms with Crippen molar-refractivity contribution in [3.8, 4) is 0 Å². The first-order valence-corrected chi connectivity index (χ1v) is 7.46. The molecule has 0 saturated heterocycles. The molecule has 0 fully saturated rings. The van der Waals surface area contributed by atoms with Crippen LogP contribution in [0, 0.1) is 11.2 Å². The summed E-state index contributed by atoms with van der Waals surface area (Å²) in [5.41, 5.74) is 4.54. The van der Waals surface area contributed by atoms with E-state index in [1.54, 1.807) is 0 Å². The third-order valence-corrected chi connectivity index (χ3v) is 4.67. The highest BCUT2D eigenvalue weighted by atomic mass is 19.1. The number of hydrogen-bond donors (Lipinski definition) is 1. The van der Waals surface area contributed by atoms with E-state index in [0.29, 0.717) is 12.4 Å². The Hall–Kier alpha value is -2.16. The number of rotatable bonds is 1. The summed E-state index contributed by atoms with van der Waals surface area (Å²) in [5, 5.41) is 8.42. The van der Waals surface area contributed by atoms with Crippen molar-refractivity contribution >= 4 is 5.84 Å². The standard InChI is InChI=1S/C18H17FN2/c19-14-9-8-13-11-21(18(20)16(13)10-14)17-7-3-5-12-4-1-2-6-15(12)17/h1-2,4,6,8-10,17,20H,3,5,7,11H2. The maximum Gasteiger partial charge on any atom is 0.129 e. The van der Waals surface area contributed by atoms with Gasteiger partial charge in [-0.15, -0.1) is 0 Å². The summed E-state index contributed by atoms with van der Waals surface area (Å²) in [6.07, 6.45) is 3.33. The van der Waals surface area contributed by atoms with E-state index in [-0.39, 0.29) is 11.9 Å². The Kier molecular flexibility index (Phi) is 2.81. The molecule has 2 nitrogen and oxygen atoms in total. The van der Waals surface area contributed by atoms with Gasteiger partial charge in [0.25, 0.3) is 0 Å². The van der Waals surface area contributed by atoms with Crippen LogP contribution < -0.4 is 0 Å². The molecule has 1 aliphatic heterocycles. The van der Waals surface area contributed by atoms with E-state index < -0.39 is 0 Å². The van der Waals surface area contributed by atoms with Gasteiger partial charge >= 0.3 is 0 Å². The molecule has 1 atom stereocenters. The quantitative estimate of drug-likeness (QED) is 0.838. The molecule has 106 valence electrons. The number of nitrogens with zero attached hydrogens (tertiary/aromatic N) is 1. The highest BCUT2D eigenvalue weighted by Gasteiger charge is 2.33. The minimum Gasteiger partial charge on any atom is -0.345 e. The molecular weight excluding hydrogens is 263 g/mol. The summed E-state index contributed by atoms with van der Waals surface area (Å²) in [7, 11) is 0. The molecule has 1 N–H and O–H groups in total. The molecule has 2 aliphatic rings. The monoisotopic (exact) mass is 280 g/mol. The van der Waals surface area contributed by atoms with Gasteiger partial charge in [0.05, 0.1) is 6.04 Å². The van der Waals surface area contributed by atoms with Crippen LogP contribution in [0.5, 0.6) is 0 Å². The van der Waals surface area contributed by atoms with Gasteiger partial charge in [0.2, 0.25) is 0 Å². The SMILES string of the molecule is N=C1c2cc(F)ccc2CN1C1CCCc2ccccc21. The van der Waals surface area contributed by atoms with E-state index in [1.165, 1.54) is 23.3 Å². The van der Waals surface area contributed by atoms with Crippen molar-refractivity contribution in [2.75, 3.05) is 0 Å². The molecule has 0 bridgehead atoms. The van der Waals surface area contributed by atoms with Crippen LogP contribution in [-0.2, 0) is 13.0 Å². The van der Waals surface area contributed by atoms with Crippen molar-refractivity contribution in [2.24, 2.45) is 0 Å². The number of hydrogen-bond acceptors (Lipinski definition) is 1. The third kappa shape index (κ3) is 1.96. The molecule has 0 amide bonds. The van der Waals surface area contributed by atoms with Crippen LogP contribution in [0.4, 0.5) is 4.39 Å². The highest BCUT2D eigenvalue weighted by Crippen LogP contribution is 2.38. The molecule has 0 radical (unpaired) electrons. The molecule has 2 aromatic carbocycles. The van der Waals surface area contributed by atoms with Gasteiger partial charge in [-0.1, -0.05) is 30.3 Å². The van der Waals surface area contributed by atoms with Crippen LogP contribution in [0.15, 0.2) is 42.5 Å². The molecule has 2 aromatic rings. The Balaban J connectivity index is 1.72. The first-order chi connectivity index (χ1) is 10.2. The van der Waals surface area contributed by atoms with Crippen LogP contribution in [0.1, 0.15) is 41.1 Å². The zero-order valence-electron chi connectivity index (χ0n) is 11.8. The van der Waals surface area contributed by atoms with Crippen LogP contribution in [0.2, 0.25) is 0 Å². The Morgan fingerprint density at radius 2 is 1.95 bits per heavy atom. The Bertz CT molecular complexity index is 723. The first kappa shape index (κ1) is 12.6. The van der Waals surface area contributed by atoms with Gasteiger partial charge in [-0.2, -0.15) is 0 Å². The summed E-state index contributed by atoms with van der Waals surface area (Å²) in [6.45, 7) is 0.716. The van der Waals surface area contributed by atoms with Crippen molar-refractivity contribution in [3.63, 3.8) is 0 Å². The van der Waals surface area contributed by atoms with E-state index in [1.807, 2.05) is 6.07 Å². The van der Waals surface area contributed by atoms with Crippen LogP contribution in [0.3, 0.4) is 0 Å². The van der Waals surface area contributed by atoms with Crippen molar-refractivity contribution in [1.29, 1.82) is 5.41 Å². The largest absolute Gasteiger partial charge is 0.345 e. The maximum atomic E-state index is 13.4. The lowest BCUT2D eigenvalue weighted by Gasteiger charge is -2.34. The summed E-state index contributed by atoms with van der Waals surface area (Å²) in [5.74, 6) is 0.204. The number of fused-ring (bicyclic) bond motifs is 2. The van der Waals surface area contributed by atoms with Gasteiger partial charge in [0, 0.05) is 12.1 Å². The van der Waals surface area contributed by atoms with Crippen molar-refractivity contribution in [3.05, 3.63) is 70.5 Å². The number of halogens is 1. The van der Waals surface area contributed by atoms with Gasteiger partial charge in [-0.3, -0.25) is 5.41 Å². The topological polar surface area (TPSA) is 27.1 Å². The zero-order chi connectivity index (χ0) is 14.4. The lowest BCUT2D eigenvalue weighted by molar-refractivity contribution is 0.286. The molecule has 1 heterocycles. The Morgan fingerprint density at radius 3 is 2.86 bits per heavy atom. The van der Waals surface area contributed by atoms with Crippen LogP contribution >= 0.6 is 0 Å². The van der Waals surface area contributed by atoms with Crippen molar-refractivity contribution in [1.82, 2.24) is 4.90 Å². The van der Waals surface area contributed by atoms with Gasteiger partial charge < -0.3 is 4.90 Å². The number of benzene rings is 2. The van der Waals surface area contributed by atoms with Gasteiger partial charge in [-0.05, 0) is 48.1 Å². The Labute approximate surface area is 123 Å². The van der Waals surface area contributed by atoms with Gasteiger partial charge in [0.1, 0.15) is 11.7 Å². The molecule has 1 aliphatic carbocycles. The Morgan fingerprint density at radius 1 is 1.10 bits per heavy atom. The molecule has 21 heavy (non-hydrogen) atoms. The lowest BCUT2D eigenvalue weighted by Crippen LogP contribution is -2.31. The minimum absolute atomic E-state index is 0.248. The molecule has 0 spiro atoms. The van der Waals surface area contributed by atoms with Crippen molar-refractivity contribution < 1.29 is 4.39 Å². The van der Waals surface area contributed by atoms with Gasteiger partial charge in [-0.25, -0.2) is 4.39 Å². The number of aryl methyl sites for hydroxylation is 1. The lowest BCUT2D eigenvalue weighted by atomic mass is 9.87. The second-order valence-electron chi connectivity index (χ2n) is 5.88. The molecular formula is C18H17FN2. The molecule has 1 unspecified atom stereocenters. The second kappa shape index (κ2) is 4.69. The number of nitrogens with one attached hydrogen (secondary N) is 1. The third-order valence-electron chi connectivity index (χ3n) is 4.67. The van der Waals surface area contributed by atoms with E-state index >= 15 is 0 Å². The van der Waals surface area contributed by atoms with E-state index in [9.17, 15) is 4.39 Å². The van der Waals surface area contributed by atoms with Crippen LogP contribution in [0.25, 0.3) is 0 Å². The van der Waals surface area contributed by atoms with Crippen molar-refractivity contribution in [2.45, 2.75) is 31.8 Å².